The van der Waals surface area contributed by atoms with Gasteiger partial charge in [-0.15, -0.1) is 10.2 Å². The van der Waals surface area contributed by atoms with Crippen LogP contribution < -0.4 is 5.32 Å². The number of aliphatic hydroxyl groups is 3. The zero-order chi connectivity index (χ0) is 25.8. The van der Waals surface area contributed by atoms with Crippen LogP contribution in [-0.4, -0.2) is 54.7 Å². The third-order valence-electron chi connectivity index (χ3n) is 6.86. The number of aliphatic hydroxyl groups excluding tert-OH is 3. The minimum atomic E-state index is -0.563. The first-order valence-corrected chi connectivity index (χ1v) is 14.1. The van der Waals surface area contributed by atoms with E-state index in [0.29, 0.717) is 18.0 Å². The van der Waals surface area contributed by atoms with E-state index in [1.807, 2.05) is 18.2 Å². The number of nitrogens with one attached hydrogen (secondary N) is 1. The van der Waals surface area contributed by atoms with Crippen molar-refractivity contribution < 1.29 is 20.1 Å². The van der Waals surface area contributed by atoms with E-state index in [-0.39, 0.29) is 17.7 Å². The number of hydrogen-bond acceptors (Lipinski definition) is 8. The topological polar surface area (TPSA) is 128 Å². The number of hydrogen-bond donors (Lipinski definition) is 4. The summed E-state index contributed by atoms with van der Waals surface area (Å²) in [5.74, 6) is -0.172. The highest BCUT2D eigenvalue weighted by molar-refractivity contribution is 7.18. The molecule has 1 aliphatic carbocycles. The molecule has 3 rings (SSSR count). The summed E-state index contributed by atoms with van der Waals surface area (Å²) in [6.07, 6.45) is 14.7. The van der Waals surface area contributed by atoms with Gasteiger partial charge in [0, 0.05) is 36.7 Å². The Hall–Kier alpha value is -2.20. The number of carbonyl (C=O) groups excluding carboxylic acids is 1. The molecule has 8 nitrogen and oxygen atoms in total. The van der Waals surface area contributed by atoms with E-state index in [1.165, 1.54) is 11.3 Å². The Morgan fingerprint density at radius 3 is 2.67 bits per heavy atom. The quantitative estimate of drug-likeness (QED) is 0.199. The maximum Gasteiger partial charge on any atom is 0.226 e. The Balaban J connectivity index is 1.33. The molecule has 4 N–H and O–H groups in total. The molecule has 0 radical (unpaired) electrons. The van der Waals surface area contributed by atoms with E-state index in [2.05, 4.69) is 27.4 Å². The lowest BCUT2D eigenvalue weighted by atomic mass is 9.88. The maximum atomic E-state index is 12.3. The van der Waals surface area contributed by atoms with Gasteiger partial charge in [0.05, 0.1) is 18.3 Å². The molecule has 1 unspecified atom stereocenters. The van der Waals surface area contributed by atoms with Crippen molar-refractivity contribution in [2.75, 3.05) is 5.32 Å². The summed E-state index contributed by atoms with van der Waals surface area (Å²) in [5, 5.41) is 43.2. The van der Waals surface area contributed by atoms with Gasteiger partial charge in [0.1, 0.15) is 5.01 Å². The monoisotopic (exact) mass is 516 g/mol. The molecule has 1 amide bonds. The van der Waals surface area contributed by atoms with Gasteiger partial charge in [-0.05, 0) is 37.3 Å². The smallest absolute Gasteiger partial charge is 0.226 e. The van der Waals surface area contributed by atoms with Crippen molar-refractivity contribution in [1.82, 2.24) is 15.2 Å². The van der Waals surface area contributed by atoms with Gasteiger partial charge in [0.15, 0.2) is 0 Å². The van der Waals surface area contributed by atoms with Crippen molar-refractivity contribution in [1.29, 1.82) is 0 Å². The van der Waals surface area contributed by atoms with Gasteiger partial charge in [-0.2, -0.15) is 0 Å². The first-order chi connectivity index (χ1) is 17.5. The molecule has 0 aromatic carbocycles. The van der Waals surface area contributed by atoms with Crippen molar-refractivity contribution in [3.63, 3.8) is 0 Å². The average Bonchev–Trinajstić information content (AvgIpc) is 3.44. The van der Waals surface area contributed by atoms with Gasteiger partial charge in [-0.3, -0.25) is 9.78 Å². The number of aromatic nitrogens is 3. The molecule has 0 saturated heterocycles. The molecule has 5 atom stereocenters. The van der Waals surface area contributed by atoms with Crippen LogP contribution in [0.3, 0.4) is 0 Å². The van der Waals surface area contributed by atoms with Gasteiger partial charge < -0.3 is 20.6 Å². The first-order valence-electron chi connectivity index (χ1n) is 13.2. The zero-order valence-corrected chi connectivity index (χ0v) is 21.9. The summed E-state index contributed by atoms with van der Waals surface area (Å²) in [7, 11) is 0. The number of nitrogens with zero attached hydrogens (tertiary/aromatic N) is 3. The summed E-state index contributed by atoms with van der Waals surface area (Å²) in [6, 6.07) is 3.71. The predicted molar refractivity (Wildman–Crippen MR) is 142 cm³/mol. The molecule has 198 valence electrons. The highest BCUT2D eigenvalue weighted by Crippen LogP contribution is 2.37. The minimum absolute atomic E-state index is 0.00869. The zero-order valence-electron chi connectivity index (χ0n) is 21.1. The van der Waals surface area contributed by atoms with Gasteiger partial charge in [0.2, 0.25) is 11.0 Å². The number of rotatable bonds is 15. The van der Waals surface area contributed by atoms with E-state index >= 15 is 0 Å². The average molecular weight is 517 g/mol. The van der Waals surface area contributed by atoms with Crippen molar-refractivity contribution >= 4 is 22.4 Å². The number of pyridine rings is 1. The molecule has 2 heterocycles. The second kappa shape index (κ2) is 15.1. The van der Waals surface area contributed by atoms with Gasteiger partial charge in [-0.1, -0.05) is 68.9 Å². The van der Waals surface area contributed by atoms with Crippen LogP contribution in [-0.2, 0) is 4.79 Å². The van der Waals surface area contributed by atoms with Gasteiger partial charge in [0.25, 0.3) is 0 Å². The van der Waals surface area contributed by atoms with E-state index in [9.17, 15) is 20.1 Å². The lowest BCUT2D eigenvalue weighted by Crippen LogP contribution is -2.21. The maximum absolute atomic E-state index is 12.3. The van der Waals surface area contributed by atoms with Crippen LogP contribution in [0.15, 0.2) is 36.7 Å². The largest absolute Gasteiger partial charge is 0.393 e. The molecule has 36 heavy (non-hydrogen) atoms. The number of unbranched alkanes of at least 4 members (excludes halogenated alkanes) is 5. The summed E-state index contributed by atoms with van der Waals surface area (Å²) < 4.78 is 0. The van der Waals surface area contributed by atoms with Crippen LogP contribution in [0.4, 0.5) is 5.13 Å². The molecule has 2 aromatic rings. The van der Waals surface area contributed by atoms with Crippen molar-refractivity contribution in [2.45, 2.75) is 95.9 Å². The lowest BCUT2D eigenvalue weighted by Gasteiger charge is -2.21. The minimum Gasteiger partial charge on any atom is -0.393 e. The molecular formula is C27H40N4O4S. The summed E-state index contributed by atoms with van der Waals surface area (Å²) >= 11 is 1.34. The summed E-state index contributed by atoms with van der Waals surface area (Å²) in [6.45, 7) is 2.14. The Morgan fingerprint density at radius 1 is 1.11 bits per heavy atom. The number of amides is 1. The molecule has 2 aromatic heterocycles. The van der Waals surface area contributed by atoms with E-state index in [0.717, 1.165) is 68.4 Å². The second-order valence-corrected chi connectivity index (χ2v) is 10.7. The molecule has 0 aliphatic heterocycles. The van der Waals surface area contributed by atoms with Crippen molar-refractivity contribution in [2.24, 2.45) is 11.8 Å². The van der Waals surface area contributed by atoms with Crippen LogP contribution in [0.25, 0.3) is 10.6 Å². The van der Waals surface area contributed by atoms with Crippen LogP contribution in [0.2, 0.25) is 0 Å². The Kier molecular flexibility index (Phi) is 11.9. The SMILES string of the molecule is CCCCC[C@H](O)/C=C/[C@@H]1C(CCCCCCC(=O)Nc2nnc(-c3ccncc3)s2)[C@@H](O)C[C@H]1O. The predicted octanol–water partition coefficient (Wildman–Crippen LogP) is 4.73. The first kappa shape index (κ1) is 28.4. The van der Waals surface area contributed by atoms with Crippen LogP contribution in [0.5, 0.6) is 0 Å². The highest BCUT2D eigenvalue weighted by Gasteiger charge is 2.39. The summed E-state index contributed by atoms with van der Waals surface area (Å²) in [4.78, 5) is 16.3. The molecule has 1 aliphatic rings. The Labute approximate surface area is 217 Å². The summed E-state index contributed by atoms with van der Waals surface area (Å²) in [5.41, 5.74) is 0.920. The van der Waals surface area contributed by atoms with Gasteiger partial charge >= 0.3 is 0 Å². The van der Waals surface area contributed by atoms with Crippen LogP contribution in [0.1, 0.15) is 77.6 Å². The van der Waals surface area contributed by atoms with Crippen LogP contribution >= 0.6 is 11.3 Å². The van der Waals surface area contributed by atoms with Crippen LogP contribution in [0, 0.1) is 11.8 Å². The van der Waals surface area contributed by atoms with E-state index in [4.69, 9.17) is 0 Å². The highest BCUT2D eigenvalue weighted by atomic mass is 32.1. The third-order valence-corrected chi connectivity index (χ3v) is 7.75. The van der Waals surface area contributed by atoms with Gasteiger partial charge in [-0.25, -0.2) is 0 Å². The second-order valence-electron chi connectivity index (χ2n) is 9.71. The molecule has 0 bridgehead atoms. The van der Waals surface area contributed by atoms with E-state index < -0.39 is 18.3 Å². The molecular weight excluding hydrogens is 476 g/mol. The molecule has 0 spiro atoms. The van der Waals surface area contributed by atoms with Crippen molar-refractivity contribution in [3.8, 4) is 10.6 Å². The number of carbonyl (C=O) groups is 1. The fourth-order valence-corrected chi connectivity index (χ4v) is 5.58. The molecule has 1 saturated carbocycles. The molecule has 9 heteroatoms. The number of anilines is 1. The Morgan fingerprint density at radius 2 is 1.89 bits per heavy atom. The fraction of sp³-hybridized carbons (Fsp3) is 0.630. The Bertz CT molecular complexity index is 939. The van der Waals surface area contributed by atoms with E-state index in [1.54, 1.807) is 18.5 Å². The molecule has 1 fully saturated rings. The standard InChI is InChI=1S/C27H40N4O4S/c1-2-3-6-9-20(32)12-13-22-21(23(33)18-24(22)34)10-7-4-5-8-11-25(35)29-27-31-30-26(36-27)19-14-16-28-17-15-19/h12-17,20-24,32-34H,2-11,18H2,1H3,(H,29,31,35)/b13-12+/t20-,21?,22+,23-,24+/m0/s1. The van der Waals surface area contributed by atoms with Crippen molar-refractivity contribution in [3.05, 3.63) is 36.7 Å². The normalized spacial score (nSPS) is 22.8. The lowest BCUT2D eigenvalue weighted by molar-refractivity contribution is -0.116. The third kappa shape index (κ3) is 9.03. The fourth-order valence-electron chi connectivity index (χ4n) is 4.82.